The number of morpholine rings is 1. The Balaban J connectivity index is 1.75. The molecular weight excluding hydrogens is 258 g/mol. The minimum atomic E-state index is -0.0409. The Labute approximate surface area is 117 Å². The lowest BCUT2D eigenvalue weighted by atomic mass is 9.96. The molecule has 0 unspecified atom stereocenters. The summed E-state index contributed by atoms with van der Waals surface area (Å²) in [5.74, 6) is 0.727. The van der Waals surface area contributed by atoms with Crippen LogP contribution in [0.3, 0.4) is 0 Å². The number of carbonyl (C=O) groups excluding carboxylic acids is 1. The number of carbonyl (C=O) groups is 1. The number of hydrogen-bond acceptors (Lipinski definition) is 5. The minimum absolute atomic E-state index is 0.0409. The second-order valence-corrected chi connectivity index (χ2v) is 5.19. The van der Waals surface area contributed by atoms with E-state index in [4.69, 9.17) is 15.2 Å². The number of nitrogens with zero attached hydrogens (tertiary/aromatic N) is 2. The lowest BCUT2D eigenvalue weighted by Gasteiger charge is -2.28. The molecule has 1 aromatic rings. The Bertz CT molecular complexity index is 496. The summed E-state index contributed by atoms with van der Waals surface area (Å²) >= 11 is 0. The fraction of sp³-hybridized carbons (Fsp3) is 0.571. The number of ether oxygens (including phenoxy) is 2. The van der Waals surface area contributed by atoms with Crippen LogP contribution in [0.2, 0.25) is 0 Å². The topological polar surface area (TPSA) is 77.7 Å². The van der Waals surface area contributed by atoms with E-state index in [1.165, 1.54) is 6.42 Å². The molecule has 0 radical (unpaired) electrons. The van der Waals surface area contributed by atoms with Crippen LogP contribution in [-0.4, -0.2) is 48.2 Å². The average Bonchev–Trinajstić information content (AvgIpc) is 2.42. The van der Waals surface area contributed by atoms with E-state index < -0.39 is 0 Å². The van der Waals surface area contributed by atoms with Gasteiger partial charge in [0.2, 0.25) is 5.88 Å². The van der Waals surface area contributed by atoms with Crippen molar-refractivity contribution >= 4 is 11.7 Å². The van der Waals surface area contributed by atoms with Crippen molar-refractivity contribution < 1.29 is 14.3 Å². The summed E-state index contributed by atoms with van der Waals surface area (Å²) in [7, 11) is 0. The van der Waals surface area contributed by atoms with Crippen LogP contribution in [0.5, 0.6) is 5.88 Å². The highest BCUT2D eigenvalue weighted by Crippen LogP contribution is 2.25. The second-order valence-electron chi connectivity index (χ2n) is 5.19. The quantitative estimate of drug-likeness (QED) is 0.894. The molecule has 1 aromatic heterocycles. The van der Waals surface area contributed by atoms with Crippen molar-refractivity contribution in [3.05, 3.63) is 17.7 Å². The number of hydrogen-bond donors (Lipinski definition) is 1. The van der Waals surface area contributed by atoms with Crippen molar-refractivity contribution in [2.75, 3.05) is 32.0 Å². The average molecular weight is 277 g/mol. The molecule has 1 aliphatic heterocycles. The Morgan fingerprint density at radius 2 is 2.10 bits per heavy atom. The Morgan fingerprint density at radius 1 is 1.35 bits per heavy atom. The third-order valence-electron chi connectivity index (χ3n) is 3.71. The smallest absolute Gasteiger partial charge is 0.254 e. The summed E-state index contributed by atoms with van der Waals surface area (Å²) in [5.41, 5.74) is 6.31. The first-order chi connectivity index (χ1) is 9.72. The molecule has 1 saturated carbocycles. The lowest BCUT2D eigenvalue weighted by molar-refractivity contribution is 0.0302. The van der Waals surface area contributed by atoms with Gasteiger partial charge in [-0.05, 0) is 25.3 Å². The highest BCUT2D eigenvalue weighted by molar-refractivity contribution is 5.95. The number of anilines is 1. The molecule has 6 heteroatoms. The Kier molecular flexibility index (Phi) is 3.73. The number of nitrogens with two attached hydrogens (primary N) is 1. The summed E-state index contributed by atoms with van der Waals surface area (Å²) in [6.45, 7) is 2.38. The summed E-state index contributed by atoms with van der Waals surface area (Å²) in [6.07, 6.45) is 3.49. The molecule has 1 saturated heterocycles. The molecule has 1 amide bonds. The normalized spacial score (nSPS) is 19.5. The molecular formula is C14H19N3O3. The van der Waals surface area contributed by atoms with Crippen LogP contribution >= 0.6 is 0 Å². The third-order valence-corrected chi connectivity index (χ3v) is 3.71. The van der Waals surface area contributed by atoms with Gasteiger partial charge < -0.3 is 20.1 Å². The third kappa shape index (κ3) is 2.85. The van der Waals surface area contributed by atoms with E-state index in [1.54, 1.807) is 17.0 Å². The highest BCUT2D eigenvalue weighted by atomic mass is 16.5. The summed E-state index contributed by atoms with van der Waals surface area (Å²) < 4.78 is 11.0. The summed E-state index contributed by atoms with van der Waals surface area (Å²) in [6, 6.07) is 3.29. The van der Waals surface area contributed by atoms with Gasteiger partial charge in [0, 0.05) is 24.7 Å². The molecule has 0 atom stereocenters. The van der Waals surface area contributed by atoms with Crippen molar-refractivity contribution in [1.29, 1.82) is 0 Å². The molecule has 2 aliphatic rings. The highest BCUT2D eigenvalue weighted by Gasteiger charge is 2.22. The Morgan fingerprint density at radius 3 is 2.75 bits per heavy atom. The maximum absolute atomic E-state index is 12.4. The van der Waals surface area contributed by atoms with Crippen LogP contribution in [0.1, 0.15) is 29.6 Å². The number of aromatic nitrogens is 1. The number of rotatable bonds is 3. The largest absolute Gasteiger partial charge is 0.474 e. The van der Waals surface area contributed by atoms with Gasteiger partial charge in [-0.25, -0.2) is 0 Å². The fourth-order valence-corrected chi connectivity index (χ4v) is 2.32. The number of pyridine rings is 1. The van der Waals surface area contributed by atoms with Gasteiger partial charge in [-0.2, -0.15) is 4.98 Å². The zero-order valence-electron chi connectivity index (χ0n) is 11.4. The molecule has 3 rings (SSSR count). The SMILES string of the molecule is Nc1cc(C(=O)N2CCOCC2)cc(OC2CCC2)n1. The van der Waals surface area contributed by atoms with Gasteiger partial charge in [-0.1, -0.05) is 0 Å². The van der Waals surface area contributed by atoms with Crippen LogP contribution in [0.15, 0.2) is 12.1 Å². The molecule has 2 fully saturated rings. The van der Waals surface area contributed by atoms with E-state index in [9.17, 15) is 4.79 Å². The second kappa shape index (κ2) is 5.66. The van der Waals surface area contributed by atoms with Crippen LogP contribution in [0.4, 0.5) is 5.82 Å². The van der Waals surface area contributed by atoms with Gasteiger partial charge in [0.15, 0.2) is 0 Å². The van der Waals surface area contributed by atoms with Gasteiger partial charge in [0.25, 0.3) is 5.91 Å². The minimum Gasteiger partial charge on any atom is -0.474 e. The van der Waals surface area contributed by atoms with Crippen molar-refractivity contribution in [2.24, 2.45) is 0 Å². The molecule has 2 heterocycles. The lowest BCUT2D eigenvalue weighted by Crippen LogP contribution is -2.40. The molecule has 20 heavy (non-hydrogen) atoms. The molecule has 2 N–H and O–H groups in total. The molecule has 0 spiro atoms. The maximum Gasteiger partial charge on any atom is 0.254 e. The first-order valence-electron chi connectivity index (χ1n) is 7.03. The molecule has 1 aliphatic carbocycles. The van der Waals surface area contributed by atoms with Crippen LogP contribution < -0.4 is 10.5 Å². The number of nitrogen functional groups attached to an aromatic ring is 1. The molecule has 108 valence electrons. The standard InChI is InChI=1S/C14H19N3O3/c15-12-8-10(14(18)17-4-6-19-7-5-17)9-13(16-12)20-11-2-1-3-11/h8-9,11H,1-7H2,(H2,15,16). The maximum atomic E-state index is 12.4. The van der Waals surface area contributed by atoms with E-state index in [1.807, 2.05) is 0 Å². The van der Waals surface area contributed by atoms with Gasteiger partial charge in [0.1, 0.15) is 11.9 Å². The van der Waals surface area contributed by atoms with Crippen molar-refractivity contribution in [3.8, 4) is 5.88 Å². The van der Waals surface area contributed by atoms with E-state index >= 15 is 0 Å². The van der Waals surface area contributed by atoms with Gasteiger partial charge in [0.05, 0.1) is 13.2 Å². The van der Waals surface area contributed by atoms with Crippen LogP contribution in [-0.2, 0) is 4.74 Å². The predicted molar refractivity (Wildman–Crippen MR) is 73.6 cm³/mol. The van der Waals surface area contributed by atoms with Gasteiger partial charge >= 0.3 is 0 Å². The van der Waals surface area contributed by atoms with Gasteiger partial charge in [-0.3, -0.25) is 4.79 Å². The summed E-state index contributed by atoms with van der Waals surface area (Å²) in [4.78, 5) is 18.3. The first kappa shape index (κ1) is 13.2. The Hall–Kier alpha value is -1.82. The van der Waals surface area contributed by atoms with E-state index in [2.05, 4.69) is 4.98 Å². The van der Waals surface area contributed by atoms with Crippen LogP contribution in [0.25, 0.3) is 0 Å². The first-order valence-corrected chi connectivity index (χ1v) is 7.03. The van der Waals surface area contributed by atoms with Crippen molar-refractivity contribution in [2.45, 2.75) is 25.4 Å². The molecule has 0 aromatic carbocycles. The summed E-state index contributed by atoms with van der Waals surface area (Å²) in [5, 5.41) is 0. The van der Waals surface area contributed by atoms with Crippen molar-refractivity contribution in [1.82, 2.24) is 9.88 Å². The zero-order chi connectivity index (χ0) is 13.9. The van der Waals surface area contributed by atoms with E-state index in [0.717, 1.165) is 12.8 Å². The fourth-order valence-electron chi connectivity index (χ4n) is 2.32. The number of amides is 1. The van der Waals surface area contributed by atoms with E-state index in [0.29, 0.717) is 43.6 Å². The van der Waals surface area contributed by atoms with E-state index in [-0.39, 0.29) is 12.0 Å². The van der Waals surface area contributed by atoms with Crippen molar-refractivity contribution in [3.63, 3.8) is 0 Å². The van der Waals surface area contributed by atoms with Gasteiger partial charge in [-0.15, -0.1) is 0 Å². The van der Waals surface area contributed by atoms with Crippen LogP contribution in [0, 0.1) is 0 Å². The zero-order valence-corrected chi connectivity index (χ0v) is 11.4. The predicted octanol–water partition coefficient (Wildman–Crippen LogP) is 1.07. The molecule has 0 bridgehead atoms. The molecule has 6 nitrogen and oxygen atoms in total. The monoisotopic (exact) mass is 277 g/mol.